The van der Waals surface area contributed by atoms with E-state index in [2.05, 4.69) is 15.2 Å². The highest BCUT2D eigenvalue weighted by Crippen LogP contribution is 2.34. The van der Waals surface area contributed by atoms with Gasteiger partial charge >= 0.3 is 0 Å². The molecule has 0 atom stereocenters. The third-order valence-electron chi connectivity index (χ3n) is 5.71. The van der Waals surface area contributed by atoms with Crippen LogP contribution in [0.5, 0.6) is 11.5 Å². The molecule has 0 bridgehead atoms. The SMILES string of the molecule is O=C(CCn1c(=O)c(N2CCCCC2)nc2ccccc21)Nc1ccc2c(c1)OCO2. The number of carbonyl (C=O) groups is 1. The Morgan fingerprint density at radius 1 is 1.03 bits per heavy atom. The Bertz CT molecular complexity index is 1180. The number of ether oxygens (including phenoxy) is 2. The number of anilines is 2. The lowest BCUT2D eigenvalue weighted by atomic mass is 10.1. The Morgan fingerprint density at radius 3 is 2.71 bits per heavy atom. The number of benzene rings is 2. The summed E-state index contributed by atoms with van der Waals surface area (Å²) in [6, 6.07) is 12.9. The van der Waals surface area contributed by atoms with Crippen molar-refractivity contribution in [1.82, 2.24) is 9.55 Å². The average Bonchev–Trinajstić information content (AvgIpc) is 3.26. The largest absolute Gasteiger partial charge is 0.454 e. The van der Waals surface area contributed by atoms with Gasteiger partial charge in [-0.2, -0.15) is 0 Å². The standard InChI is InChI=1S/C23H24N4O4/c28-21(24-16-8-9-19-20(14-16)31-15-30-19)10-13-27-18-7-3-2-6-17(18)25-22(23(27)29)26-11-4-1-5-12-26/h2-3,6-9,14H,1,4-5,10-13,15H2,(H,24,28). The van der Waals surface area contributed by atoms with E-state index in [1.807, 2.05) is 24.3 Å². The molecule has 160 valence electrons. The van der Waals surface area contributed by atoms with Gasteiger partial charge in [0.2, 0.25) is 12.7 Å². The Balaban J connectivity index is 1.37. The molecule has 2 aliphatic rings. The zero-order valence-electron chi connectivity index (χ0n) is 17.2. The first kappa shape index (κ1) is 19.4. The van der Waals surface area contributed by atoms with Crippen molar-refractivity contribution < 1.29 is 14.3 Å². The van der Waals surface area contributed by atoms with Gasteiger partial charge in [-0.1, -0.05) is 12.1 Å². The molecule has 1 saturated heterocycles. The molecule has 8 heteroatoms. The number of nitrogens with zero attached hydrogens (tertiary/aromatic N) is 3. The third-order valence-corrected chi connectivity index (χ3v) is 5.71. The van der Waals surface area contributed by atoms with Gasteiger partial charge in [0.25, 0.3) is 5.56 Å². The Kier molecular flexibility index (Phi) is 5.19. The second-order valence-corrected chi connectivity index (χ2v) is 7.79. The summed E-state index contributed by atoms with van der Waals surface area (Å²) in [5.41, 5.74) is 2.00. The highest BCUT2D eigenvalue weighted by molar-refractivity contribution is 5.91. The number of amides is 1. The number of hydrogen-bond donors (Lipinski definition) is 1. The Hall–Kier alpha value is -3.55. The first-order valence-electron chi connectivity index (χ1n) is 10.6. The van der Waals surface area contributed by atoms with E-state index in [1.54, 1.807) is 22.8 Å². The van der Waals surface area contributed by atoms with Gasteiger partial charge in [0.15, 0.2) is 17.3 Å². The van der Waals surface area contributed by atoms with E-state index in [0.717, 1.165) is 37.0 Å². The maximum absolute atomic E-state index is 13.3. The van der Waals surface area contributed by atoms with Gasteiger partial charge in [-0.05, 0) is 43.5 Å². The number of para-hydroxylation sites is 2. The van der Waals surface area contributed by atoms with Crippen molar-refractivity contribution in [2.75, 3.05) is 30.1 Å². The third kappa shape index (κ3) is 3.93. The fraction of sp³-hybridized carbons (Fsp3) is 0.348. The van der Waals surface area contributed by atoms with Gasteiger partial charge in [-0.25, -0.2) is 4.98 Å². The molecule has 2 aromatic carbocycles. The van der Waals surface area contributed by atoms with Gasteiger partial charge in [0.05, 0.1) is 11.0 Å². The van der Waals surface area contributed by atoms with Gasteiger partial charge in [-0.3, -0.25) is 9.59 Å². The minimum Gasteiger partial charge on any atom is -0.454 e. The van der Waals surface area contributed by atoms with Crippen LogP contribution in [-0.2, 0) is 11.3 Å². The fourth-order valence-corrected chi connectivity index (χ4v) is 4.12. The lowest BCUT2D eigenvalue weighted by Gasteiger charge is -2.27. The van der Waals surface area contributed by atoms with Crippen LogP contribution in [-0.4, -0.2) is 35.3 Å². The van der Waals surface area contributed by atoms with E-state index in [9.17, 15) is 9.59 Å². The number of piperidine rings is 1. The van der Waals surface area contributed by atoms with Crippen LogP contribution in [0.2, 0.25) is 0 Å². The molecule has 1 fully saturated rings. The monoisotopic (exact) mass is 420 g/mol. The second kappa shape index (κ2) is 8.29. The summed E-state index contributed by atoms with van der Waals surface area (Å²) in [5, 5.41) is 2.87. The number of rotatable bonds is 5. The smallest absolute Gasteiger partial charge is 0.294 e. The van der Waals surface area contributed by atoms with Crippen molar-refractivity contribution >= 4 is 28.4 Å². The van der Waals surface area contributed by atoms with Crippen LogP contribution in [0.25, 0.3) is 11.0 Å². The number of aromatic nitrogens is 2. The molecule has 0 radical (unpaired) electrons. The van der Waals surface area contributed by atoms with Gasteiger partial charge in [-0.15, -0.1) is 0 Å². The predicted molar refractivity (Wildman–Crippen MR) is 118 cm³/mol. The summed E-state index contributed by atoms with van der Waals surface area (Å²) in [6.07, 6.45) is 3.47. The van der Waals surface area contributed by atoms with Crippen molar-refractivity contribution in [3.63, 3.8) is 0 Å². The van der Waals surface area contributed by atoms with Crippen LogP contribution < -0.4 is 25.2 Å². The molecular formula is C23H24N4O4. The molecule has 3 aromatic rings. The zero-order valence-corrected chi connectivity index (χ0v) is 17.2. The first-order chi connectivity index (χ1) is 15.2. The predicted octanol–water partition coefficient (Wildman–Crippen LogP) is 3.14. The molecule has 0 spiro atoms. The molecule has 1 amide bonds. The summed E-state index contributed by atoms with van der Waals surface area (Å²) >= 11 is 0. The Morgan fingerprint density at radius 2 is 1.84 bits per heavy atom. The summed E-state index contributed by atoms with van der Waals surface area (Å²) in [6.45, 7) is 2.14. The molecule has 5 rings (SSSR count). The van der Waals surface area contributed by atoms with E-state index in [4.69, 9.17) is 9.47 Å². The van der Waals surface area contributed by atoms with E-state index in [-0.39, 0.29) is 31.2 Å². The van der Waals surface area contributed by atoms with Crippen LogP contribution in [0.15, 0.2) is 47.3 Å². The van der Waals surface area contributed by atoms with E-state index < -0.39 is 0 Å². The topological polar surface area (TPSA) is 85.7 Å². The van der Waals surface area contributed by atoms with Crippen LogP contribution in [0.4, 0.5) is 11.5 Å². The number of nitrogens with one attached hydrogen (secondary N) is 1. The summed E-state index contributed by atoms with van der Waals surface area (Å²) in [5.74, 6) is 1.58. The molecular weight excluding hydrogens is 396 g/mol. The lowest BCUT2D eigenvalue weighted by molar-refractivity contribution is -0.116. The number of fused-ring (bicyclic) bond motifs is 2. The molecule has 0 saturated carbocycles. The van der Waals surface area contributed by atoms with Crippen molar-refractivity contribution in [1.29, 1.82) is 0 Å². The molecule has 3 heterocycles. The van der Waals surface area contributed by atoms with Crippen LogP contribution >= 0.6 is 0 Å². The maximum atomic E-state index is 13.3. The zero-order chi connectivity index (χ0) is 21.2. The average molecular weight is 420 g/mol. The minimum atomic E-state index is -0.175. The van der Waals surface area contributed by atoms with Crippen LogP contribution in [0.1, 0.15) is 25.7 Å². The summed E-state index contributed by atoms with van der Waals surface area (Å²) < 4.78 is 12.3. The number of aryl methyl sites for hydroxylation is 1. The summed E-state index contributed by atoms with van der Waals surface area (Å²) in [4.78, 5) is 32.6. The lowest BCUT2D eigenvalue weighted by Crippen LogP contribution is -2.37. The minimum absolute atomic E-state index is 0.142. The molecule has 0 unspecified atom stereocenters. The van der Waals surface area contributed by atoms with Crippen LogP contribution in [0.3, 0.4) is 0 Å². The van der Waals surface area contributed by atoms with E-state index in [0.29, 0.717) is 23.0 Å². The molecule has 1 aromatic heterocycles. The van der Waals surface area contributed by atoms with Gasteiger partial charge in [0, 0.05) is 37.8 Å². The molecule has 8 nitrogen and oxygen atoms in total. The highest BCUT2D eigenvalue weighted by atomic mass is 16.7. The first-order valence-corrected chi connectivity index (χ1v) is 10.6. The fourth-order valence-electron chi connectivity index (χ4n) is 4.12. The number of carbonyl (C=O) groups excluding carboxylic acids is 1. The summed E-state index contributed by atoms with van der Waals surface area (Å²) in [7, 11) is 0. The highest BCUT2D eigenvalue weighted by Gasteiger charge is 2.20. The maximum Gasteiger partial charge on any atom is 0.294 e. The number of hydrogen-bond acceptors (Lipinski definition) is 6. The normalized spacial score (nSPS) is 15.3. The molecule has 1 N–H and O–H groups in total. The second-order valence-electron chi connectivity index (χ2n) is 7.79. The van der Waals surface area contributed by atoms with Crippen LogP contribution in [0, 0.1) is 0 Å². The van der Waals surface area contributed by atoms with Gasteiger partial charge in [0.1, 0.15) is 0 Å². The quantitative estimate of drug-likeness (QED) is 0.683. The molecule has 31 heavy (non-hydrogen) atoms. The van der Waals surface area contributed by atoms with E-state index in [1.165, 1.54) is 6.42 Å². The van der Waals surface area contributed by atoms with Crippen molar-refractivity contribution in [2.45, 2.75) is 32.2 Å². The van der Waals surface area contributed by atoms with E-state index >= 15 is 0 Å². The van der Waals surface area contributed by atoms with Gasteiger partial charge < -0.3 is 24.3 Å². The van der Waals surface area contributed by atoms with Crippen molar-refractivity contribution in [3.8, 4) is 11.5 Å². The van der Waals surface area contributed by atoms with Crippen molar-refractivity contribution in [3.05, 3.63) is 52.8 Å². The van der Waals surface area contributed by atoms with Crippen molar-refractivity contribution in [2.24, 2.45) is 0 Å². The molecule has 2 aliphatic heterocycles. The molecule has 0 aliphatic carbocycles. The Labute approximate surface area is 179 Å².